The van der Waals surface area contributed by atoms with Crippen molar-refractivity contribution in [2.75, 3.05) is 13.6 Å². The van der Waals surface area contributed by atoms with Crippen molar-refractivity contribution in [2.45, 2.75) is 6.54 Å². The van der Waals surface area contributed by atoms with Gasteiger partial charge in [0, 0.05) is 6.54 Å². The van der Waals surface area contributed by atoms with Crippen molar-refractivity contribution in [3.63, 3.8) is 0 Å². The maximum absolute atomic E-state index is 12.8. The van der Waals surface area contributed by atoms with Crippen molar-refractivity contribution in [3.8, 4) is 0 Å². The van der Waals surface area contributed by atoms with Crippen LogP contribution in [-0.2, 0) is 11.3 Å². The molecule has 0 bridgehead atoms. The number of nitrogens with two attached hydrogens (primary N) is 1. The molecule has 15 heavy (non-hydrogen) atoms. The van der Waals surface area contributed by atoms with Crippen LogP contribution in [0.3, 0.4) is 0 Å². The second kappa shape index (κ2) is 5.43. The fraction of sp³-hybridized carbons (Fsp3) is 0.300. The summed E-state index contributed by atoms with van der Waals surface area (Å²) in [4.78, 5) is 12.7. The van der Waals surface area contributed by atoms with E-state index in [1.165, 1.54) is 12.1 Å². The number of amides is 1. The average molecular weight is 211 g/mol. The van der Waals surface area contributed by atoms with E-state index in [1.807, 2.05) is 5.43 Å². The Balaban J connectivity index is 2.51. The minimum absolute atomic E-state index is 0.188. The molecule has 82 valence electrons. The molecule has 0 unspecified atom stereocenters. The van der Waals surface area contributed by atoms with Crippen LogP contribution in [0, 0.1) is 5.82 Å². The molecule has 4 nitrogen and oxygen atoms in total. The predicted molar refractivity (Wildman–Crippen MR) is 55.1 cm³/mol. The van der Waals surface area contributed by atoms with Gasteiger partial charge in [0.1, 0.15) is 5.82 Å². The van der Waals surface area contributed by atoms with Crippen LogP contribution >= 0.6 is 0 Å². The Morgan fingerprint density at radius 1 is 1.60 bits per heavy atom. The quantitative estimate of drug-likeness (QED) is 0.426. The van der Waals surface area contributed by atoms with Gasteiger partial charge in [0.15, 0.2) is 0 Å². The van der Waals surface area contributed by atoms with Crippen molar-refractivity contribution in [1.29, 1.82) is 0 Å². The van der Waals surface area contributed by atoms with Crippen LogP contribution in [0.1, 0.15) is 5.56 Å². The number of hydrogen-bond donors (Lipinski definition) is 2. The van der Waals surface area contributed by atoms with Crippen LogP contribution in [0.2, 0.25) is 0 Å². The highest BCUT2D eigenvalue weighted by atomic mass is 19.1. The molecule has 0 fully saturated rings. The Bertz CT molecular complexity index is 343. The molecule has 1 amide bonds. The molecule has 0 radical (unpaired) electrons. The maximum Gasteiger partial charge on any atom is 0.248 e. The van der Waals surface area contributed by atoms with Gasteiger partial charge in [0.2, 0.25) is 5.91 Å². The summed E-state index contributed by atoms with van der Waals surface area (Å²) in [5.74, 6) is 4.41. The minimum Gasteiger partial charge on any atom is -0.293 e. The first-order chi connectivity index (χ1) is 7.11. The van der Waals surface area contributed by atoms with Crippen LogP contribution in [-0.4, -0.2) is 24.4 Å². The van der Waals surface area contributed by atoms with Crippen LogP contribution in [0.15, 0.2) is 24.3 Å². The molecule has 1 aromatic rings. The van der Waals surface area contributed by atoms with Gasteiger partial charge in [-0.3, -0.25) is 15.1 Å². The van der Waals surface area contributed by atoms with Crippen molar-refractivity contribution >= 4 is 5.91 Å². The number of rotatable bonds is 4. The Hall–Kier alpha value is -1.46. The highest BCUT2D eigenvalue weighted by Gasteiger charge is 2.05. The van der Waals surface area contributed by atoms with Crippen LogP contribution in [0.5, 0.6) is 0 Å². The second-order valence-electron chi connectivity index (χ2n) is 3.37. The van der Waals surface area contributed by atoms with Gasteiger partial charge in [0.25, 0.3) is 0 Å². The molecule has 0 saturated heterocycles. The van der Waals surface area contributed by atoms with E-state index in [4.69, 9.17) is 5.84 Å². The highest BCUT2D eigenvalue weighted by Crippen LogP contribution is 2.05. The number of halogens is 1. The summed E-state index contributed by atoms with van der Waals surface area (Å²) in [6, 6.07) is 6.27. The lowest BCUT2D eigenvalue weighted by molar-refractivity contribution is -0.122. The van der Waals surface area contributed by atoms with E-state index < -0.39 is 0 Å². The molecule has 0 heterocycles. The number of likely N-dealkylation sites (N-methyl/N-ethyl adjacent to an activating group) is 1. The molecule has 0 aliphatic rings. The number of hydrogen-bond acceptors (Lipinski definition) is 3. The van der Waals surface area contributed by atoms with Gasteiger partial charge >= 0.3 is 0 Å². The second-order valence-corrected chi connectivity index (χ2v) is 3.37. The Kier molecular flexibility index (Phi) is 4.20. The zero-order valence-electron chi connectivity index (χ0n) is 8.53. The molecule has 1 aromatic carbocycles. The van der Waals surface area contributed by atoms with Gasteiger partial charge in [0.05, 0.1) is 6.54 Å². The first kappa shape index (κ1) is 11.6. The summed E-state index contributed by atoms with van der Waals surface area (Å²) in [7, 11) is 1.76. The third-order valence-electron chi connectivity index (χ3n) is 1.92. The molecule has 0 spiro atoms. The van der Waals surface area contributed by atoms with Crippen molar-refractivity contribution in [2.24, 2.45) is 5.84 Å². The average Bonchev–Trinajstić information content (AvgIpc) is 2.17. The number of carbonyl (C=O) groups is 1. The number of benzene rings is 1. The normalized spacial score (nSPS) is 10.4. The van der Waals surface area contributed by atoms with E-state index in [9.17, 15) is 9.18 Å². The lowest BCUT2D eigenvalue weighted by Crippen LogP contribution is -2.38. The molecule has 0 saturated carbocycles. The number of carbonyl (C=O) groups excluding carboxylic acids is 1. The standard InChI is InChI=1S/C10H14FN3O/c1-14(7-10(15)13-12)6-8-3-2-4-9(11)5-8/h2-5H,6-7,12H2,1H3,(H,13,15). The van der Waals surface area contributed by atoms with E-state index >= 15 is 0 Å². The fourth-order valence-corrected chi connectivity index (χ4v) is 1.29. The SMILES string of the molecule is CN(CC(=O)NN)Cc1cccc(F)c1. The number of nitrogens with one attached hydrogen (secondary N) is 1. The van der Waals surface area contributed by atoms with Crippen molar-refractivity contribution in [3.05, 3.63) is 35.6 Å². The van der Waals surface area contributed by atoms with E-state index in [1.54, 1.807) is 24.1 Å². The zero-order valence-corrected chi connectivity index (χ0v) is 8.53. The molecule has 3 N–H and O–H groups in total. The largest absolute Gasteiger partial charge is 0.293 e. The van der Waals surface area contributed by atoms with Gasteiger partial charge < -0.3 is 0 Å². The summed E-state index contributed by atoms with van der Waals surface area (Å²) < 4.78 is 12.8. The topological polar surface area (TPSA) is 58.4 Å². The maximum atomic E-state index is 12.8. The van der Waals surface area contributed by atoms with Crippen LogP contribution in [0.25, 0.3) is 0 Å². The first-order valence-corrected chi connectivity index (χ1v) is 4.54. The smallest absolute Gasteiger partial charge is 0.248 e. The van der Waals surface area contributed by atoms with Crippen molar-refractivity contribution < 1.29 is 9.18 Å². The van der Waals surface area contributed by atoms with Gasteiger partial charge in [-0.2, -0.15) is 0 Å². The molecule has 0 aliphatic carbocycles. The third-order valence-corrected chi connectivity index (χ3v) is 1.92. The Morgan fingerprint density at radius 2 is 2.33 bits per heavy atom. The Morgan fingerprint density at radius 3 is 2.93 bits per heavy atom. The van der Waals surface area contributed by atoms with Crippen LogP contribution in [0.4, 0.5) is 4.39 Å². The number of nitrogens with zero attached hydrogens (tertiary/aromatic N) is 1. The molecular formula is C10H14FN3O. The summed E-state index contributed by atoms with van der Waals surface area (Å²) in [5, 5.41) is 0. The first-order valence-electron chi connectivity index (χ1n) is 4.54. The molecule has 0 aliphatic heterocycles. The fourth-order valence-electron chi connectivity index (χ4n) is 1.29. The summed E-state index contributed by atoms with van der Waals surface area (Å²) in [6.45, 7) is 0.693. The predicted octanol–water partition coefficient (Wildman–Crippen LogP) is 0.247. The molecule has 5 heteroatoms. The van der Waals surface area contributed by atoms with Crippen LogP contribution < -0.4 is 11.3 Å². The van der Waals surface area contributed by atoms with E-state index in [0.29, 0.717) is 6.54 Å². The third kappa shape index (κ3) is 4.05. The van der Waals surface area contributed by atoms with Gasteiger partial charge in [-0.15, -0.1) is 0 Å². The molecule has 0 aromatic heterocycles. The van der Waals surface area contributed by atoms with E-state index in [0.717, 1.165) is 5.56 Å². The molecular weight excluding hydrogens is 197 g/mol. The van der Waals surface area contributed by atoms with Crippen molar-refractivity contribution in [1.82, 2.24) is 10.3 Å². The molecule has 1 rings (SSSR count). The van der Waals surface area contributed by atoms with Gasteiger partial charge in [-0.1, -0.05) is 12.1 Å². The zero-order chi connectivity index (χ0) is 11.3. The highest BCUT2D eigenvalue weighted by molar-refractivity contribution is 5.77. The van der Waals surface area contributed by atoms with Gasteiger partial charge in [-0.25, -0.2) is 10.2 Å². The lowest BCUT2D eigenvalue weighted by atomic mass is 10.2. The molecule has 0 atom stereocenters. The summed E-state index contributed by atoms with van der Waals surface area (Å²) in [6.07, 6.45) is 0. The summed E-state index contributed by atoms with van der Waals surface area (Å²) in [5.41, 5.74) is 2.86. The van der Waals surface area contributed by atoms with E-state index in [2.05, 4.69) is 0 Å². The van der Waals surface area contributed by atoms with Gasteiger partial charge in [-0.05, 0) is 24.7 Å². The number of hydrazine groups is 1. The summed E-state index contributed by atoms with van der Waals surface area (Å²) >= 11 is 0. The monoisotopic (exact) mass is 211 g/mol. The minimum atomic E-state index is -0.274. The lowest BCUT2D eigenvalue weighted by Gasteiger charge is -2.15. The Labute approximate surface area is 87.8 Å². The van der Waals surface area contributed by atoms with E-state index in [-0.39, 0.29) is 18.3 Å².